The highest BCUT2D eigenvalue weighted by Gasteiger charge is 2.21. The SMILES string of the molecule is COC(=O)c1ccc(C(=O)NCC(C(=O)OC)n2cccc2)cc1. The maximum Gasteiger partial charge on any atom is 0.337 e. The van der Waals surface area contributed by atoms with Crippen molar-refractivity contribution in [2.75, 3.05) is 20.8 Å². The molecule has 1 aromatic carbocycles. The number of rotatable bonds is 6. The molecule has 1 amide bonds. The fraction of sp³-hybridized carbons (Fsp3) is 0.235. The number of benzene rings is 1. The summed E-state index contributed by atoms with van der Waals surface area (Å²) in [6.45, 7) is 0.0823. The van der Waals surface area contributed by atoms with Crippen LogP contribution in [0.3, 0.4) is 0 Å². The highest BCUT2D eigenvalue weighted by molar-refractivity contribution is 5.96. The minimum atomic E-state index is -0.650. The lowest BCUT2D eigenvalue weighted by Crippen LogP contribution is -2.34. The second-order valence-electron chi connectivity index (χ2n) is 4.95. The molecule has 0 aliphatic carbocycles. The van der Waals surface area contributed by atoms with Crippen LogP contribution in [0, 0.1) is 0 Å². The Morgan fingerprint density at radius 2 is 1.58 bits per heavy atom. The summed E-state index contributed by atoms with van der Waals surface area (Å²) in [6, 6.07) is 8.96. The van der Waals surface area contributed by atoms with E-state index in [0.717, 1.165) is 0 Å². The van der Waals surface area contributed by atoms with Gasteiger partial charge in [-0.3, -0.25) is 4.79 Å². The van der Waals surface area contributed by atoms with Crippen LogP contribution in [0.2, 0.25) is 0 Å². The zero-order valence-corrected chi connectivity index (χ0v) is 13.4. The maximum atomic E-state index is 12.2. The average Bonchev–Trinajstić information content (AvgIpc) is 3.15. The number of nitrogens with one attached hydrogen (secondary N) is 1. The topological polar surface area (TPSA) is 86.6 Å². The molecule has 2 rings (SSSR count). The van der Waals surface area contributed by atoms with E-state index in [4.69, 9.17) is 4.74 Å². The molecule has 0 fully saturated rings. The molecule has 0 saturated carbocycles. The van der Waals surface area contributed by atoms with Crippen molar-refractivity contribution in [1.29, 1.82) is 0 Å². The minimum Gasteiger partial charge on any atom is -0.467 e. The first-order chi connectivity index (χ1) is 11.6. The molecule has 0 aliphatic rings. The van der Waals surface area contributed by atoms with Gasteiger partial charge in [0.15, 0.2) is 0 Å². The third-order valence-electron chi connectivity index (χ3n) is 3.48. The van der Waals surface area contributed by atoms with Gasteiger partial charge in [0.05, 0.1) is 19.8 Å². The van der Waals surface area contributed by atoms with E-state index in [2.05, 4.69) is 10.1 Å². The van der Waals surface area contributed by atoms with Crippen molar-refractivity contribution in [2.45, 2.75) is 6.04 Å². The quantitative estimate of drug-likeness (QED) is 0.810. The van der Waals surface area contributed by atoms with Crippen LogP contribution in [0.15, 0.2) is 48.8 Å². The summed E-state index contributed by atoms with van der Waals surface area (Å²) in [5.74, 6) is -1.28. The number of nitrogens with zero attached hydrogens (tertiary/aromatic N) is 1. The first kappa shape index (κ1) is 17.3. The predicted octanol–water partition coefficient (Wildman–Crippen LogP) is 1.42. The summed E-state index contributed by atoms with van der Waals surface area (Å²) in [6.07, 6.45) is 3.44. The fourth-order valence-electron chi connectivity index (χ4n) is 2.17. The van der Waals surface area contributed by atoms with Gasteiger partial charge in [-0.1, -0.05) is 0 Å². The van der Waals surface area contributed by atoms with Crippen LogP contribution < -0.4 is 5.32 Å². The van der Waals surface area contributed by atoms with Crippen LogP contribution in [0.4, 0.5) is 0 Å². The summed E-state index contributed by atoms with van der Waals surface area (Å²) in [4.78, 5) is 35.4. The number of hydrogen-bond donors (Lipinski definition) is 1. The molecule has 24 heavy (non-hydrogen) atoms. The molecule has 0 radical (unpaired) electrons. The van der Waals surface area contributed by atoms with Crippen LogP contribution in [-0.2, 0) is 14.3 Å². The molecule has 1 heterocycles. The van der Waals surface area contributed by atoms with Gasteiger partial charge in [0.2, 0.25) is 0 Å². The Morgan fingerprint density at radius 3 is 2.12 bits per heavy atom. The Labute approximate surface area is 139 Å². The van der Waals surface area contributed by atoms with Gasteiger partial charge in [0.1, 0.15) is 6.04 Å². The molecule has 1 unspecified atom stereocenters. The Balaban J connectivity index is 2.03. The van der Waals surface area contributed by atoms with Crippen LogP contribution in [0.5, 0.6) is 0 Å². The molecule has 7 heteroatoms. The molecule has 7 nitrogen and oxygen atoms in total. The van der Waals surface area contributed by atoms with Crippen molar-refractivity contribution in [2.24, 2.45) is 0 Å². The van der Waals surface area contributed by atoms with E-state index in [-0.39, 0.29) is 12.5 Å². The molecular formula is C17H18N2O5. The third kappa shape index (κ3) is 4.01. The Morgan fingerprint density at radius 1 is 1.00 bits per heavy atom. The molecule has 0 saturated heterocycles. The Bertz CT molecular complexity index is 707. The maximum absolute atomic E-state index is 12.2. The normalized spacial score (nSPS) is 11.4. The Hall–Kier alpha value is -3.09. The van der Waals surface area contributed by atoms with E-state index in [1.165, 1.54) is 38.5 Å². The van der Waals surface area contributed by atoms with E-state index in [1.807, 2.05) is 0 Å². The standard InChI is InChI=1S/C17H18N2O5/c1-23-16(21)13-7-5-12(6-8-13)15(20)18-11-14(17(22)24-2)19-9-3-4-10-19/h3-10,14H,11H2,1-2H3,(H,18,20). The van der Waals surface area contributed by atoms with Gasteiger partial charge in [-0.05, 0) is 36.4 Å². The van der Waals surface area contributed by atoms with Crippen LogP contribution in [0.25, 0.3) is 0 Å². The third-order valence-corrected chi connectivity index (χ3v) is 3.48. The van der Waals surface area contributed by atoms with Crippen molar-refractivity contribution >= 4 is 17.8 Å². The van der Waals surface area contributed by atoms with Gasteiger partial charge < -0.3 is 19.4 Å². The number of amides is 1. The lowest BCUT2D eigenvalue weighted by Gasteiger charge is -2.17. The average molecular weight is 330 g/mol. The molecular weight excluding hydrogens is 312 g/mol. The van der Waals surface area contributed by atoms with Crippen LogP contribution in [0.1, 0.15) is 26.8 Å². The van der Waals surface area contributed by atoms with Gasteiger partial charge in [0.25, 0.3) is 5.91 Å². The van der Waals surface area contributed by atoms with E-state index < -0.39 is 18.0 Å². The molecule has 0 aliphatic heterocycles. The second-order valence-corrected chi connectivity index (χ2v) is 4.95. The van der Waals surface area contributed by atoms with Crippen molar-refractivity contribution in [3.05, 3.63) is 59.9 Å². The molecule has 0 bridgehead atoms. The van der Waals surface area contributed by atoms with Crippen molar-refractivity contribution in [1.82, 2.24) is 9.88 Å². The summed E-state index contributed by atoms with van der Waals surface area (Å²) in [5.41, 5.74) is 0.729. The monoisotopic (exact) mass is 330 g/mol. The number of carbonyl (C=O) groups is 3. The highest BCUT2D eigenvalue weighted by atomic mass is 16.5. The number of methoxy groups -OCH3 is 2. The Kier molecular flexibility index (Phi) is 5.73. The van der Waals surface area contributed by atoms with Gasteiger partial charge in [0, 0.05) is 24.5 Å². The van der Waals surface area contributed by atoms with Crippen molar-refractivity contribution < 1.29 is 23.9 Å². The summed E-state index contributed by atoms with van der Waals surface area (Å²) < 4.78 is 11.0. The van der Waals surface area contributed by atoms with E-state index in [1.54, 1.807) is 29.1 Å². The van der Waals surface area contributed by atoms with E-state index in [9.17, 15) is 14.4 Å². The predicted molar refractivity (Wildman–Crippen MR) is 85.6 cm³/mol. The van der Waals surface area contributed by atoms with Gasteiger partial charge in [-0.25, -0.2) is 9.59 Å². The second kappa shape index (κ2) is 7.96. The van der Waals surface area contributed by atoms with Crippen molar-refractivity contribution in [3.63, 3.8) is 0 Å². The molecule has 2 aromatic rings. The lowest BCUT2D eigenvalue weighted by molar-refractivity contribution is -0.144. The van der Waals surface area contributed by atoms with Crippen molar-refractivity contribution in [3.8, 4) is 0 Å². The number of esters is 2. The summed E-state index contributed by atoms with van der Waals surface area (Å²) in [7, 11) is 2.59. The van der Waals surface area contributed by atoms with E-state index >= 15 is 0 Å². The zero-order valence-electron chi connectivity index (χ0n) is 13.4. The smallest absolute Gasteiger partial charge is 0.337 e. The van der Waals surface area contributed by atoms with Gasteiger partial charge >= 0.3 is 11.9 Å². The molecule has 1 aromatic heterocycles. The largest absolute Gasteiger partial charge is 0.467 e. The molecule has 1 N–H and O–H groups in total. The zero-order chi connectivity index (χ0) is 17.5. The number of hydrogen-bond acceptors (Lipinski definition) is 5. The molecule has 126 valence electrons. The fourth-order valence-corrected chi connectivity index (χ4v) is 2.17. The van der Waals surface area contributed by atoms with Crippen LogP contribution >= 0.6 is 0 Å². The first-order valence-corrected chi connectivity index (χ1v) is 7.23. The number of ether oxygens (including phenoxy) is 2. The van der Waals surface area contributed by atoms with E-state index in [0.29, 0.717) is 11.1 Å². The number of carbonyl (C=O) groups excluding carboxylic acids is 3. The number of aromatic nitrogens is 1. The highest BCUT2D eigenvalue weighted by Crippen LogP contribution is 2.10. The minimum absolute atomic E-state index is 0.0823. The molecule has 0 spiro atoms. The summed E-state index contributed by atoms with van der Waals surface area (Å²) in [5, 5.41) is 2.69. The summed E-state index contributed by atoms with van der Waals surface area (Å²) >= 11 is 0. The lowest BCUT2D eigenvalue weighted by atomic mass is 10.1. The van der Waals surface area contributed by atoms with Gasteiger partial charge in [-0.2, -0.15) is 0 Å². The van der Waals surface area contributed by atoms with Crippen LogP contribution in [-0.4, -0.2) is 43.2 Å². The van der Waals surface area contributed by atoms with Gasteiger partial charge in [-0.15, -0.1) is 0 Å². The molecule has 1 atom stereocenters. The first-order valence-electron chi connectivity index (χ1n) is 7.23.